The van der Waals surface area contributed by atoms with Crippen LogP contribution < -0.4 is 21.1 Å². The maximum Gasteiger partial charge on any atom is 0.291 e. The molecule has 0 radical (unpaired) electrons. The Morgan fingerprint density at radius 2 is 1.18 bits per heavy atom. The number of carbonyl (C=O) groups excluding carboxylic acids is 3. The van der Waals surface area contributed by atoms with Gasteiger partial charge in [-0.25, -0.2) is 0 Å². The molecule has 3 aromatic carbocycles. The Bertz CT molecular complexity index is 1260. The summed E-state index contributed by atoms with van der Waals surface area (Å²) in [7, 11) is 0. The van der Waals surface area contributed by atoms with Gasteiger partial charge in [0.15, 0.2) is 5.76 Å². The fourth-order valence-corrected chi connectivity index (χ4v) is 2.94. The molecule has 1 aromatic heterocycles. The summed E-state index contributed by atoms with van der Waals surface area (Å²) in [5.74, 6) is 0.127. The van der Waals surface area contributed by atoms with Crippen LogP contribution in [0.2, 0.25) is 0 Å². The van der Waals surface area contributed by atoms with Gasteiger partial charge in [0, 0.05) is 22.5 Å². The second-order valence-electron chi connectivity index (χ2n) is 6.98. The normalized spacial score (nSPS) is 10.3. The molecule has 164 valence electrons. The summed E-state index contributed by atoms with van der Waals surface area (Å²) in [6.07, 6.45) is 1.43. The SMILES string of the molecule is NC(=O)c1ccc(Oc2ccc(C(=O)Nc3ccc(NC(=O)c4ccco4)cc3)cc2)cc1. The van der Waals surface area contributed by atoms with Gasteiger partial charge in [-0.2, -0.15) is 0 Å². The molecular weight excluding hydrogens is 422 g/mol. The number of nitrogens with two attached hydrogens (primary N) is 1. The van der Waals surface area contributed by atoms with Crippen LogP contribution >= 0.6 is 0 Å². The molecule has 4 N–H and O–H groups in total. The van der Waals surface area contributed by atoms with E-state index in [0.29, 0.717) is 34.0 Å². The molecule has 0 fully saturated rings. The molecule has 0 spiro atoms. The fourth-order valence-electron chi connectivity index (χ4n) is 2.94. The van der Waals surface area contributed by atoms with Crippen molar-refractivity contribution >= 4 is 29.1 Å². The molecule has 0 aliphatic heterocycles. The lowest BCUT2D eigenvalue weighted by Crippen LogP contribution is -2.12. The maximum atomic E-state index is 12.5. The first-order valence-corrected chi connectivity index (χ1v) is 9.92. The fraction of sp³-hybridized carbons (Fsp3) is 0. The third-order valence-electron chi connectivity index (χ3n) is 4.64. The predicted molar refractivity (Wildman–Crippen MR) is 123 cm³/mol. The van der Waals surface area contributed by atoms with Gasteiger partial charge in [0.05, 0.1) is 6.26 Å². The molecule has 0 aliphatic carbocycles. The number of hydrogen-bond donors (Lipinski definition) is 3. The van der Waals surface area contributed by atoms with E-state index in [1.807, 2.05) is 0 Å². The van der Waals surface area contributed by atoms with Crippen molar-refractivity contribution in [1.29, 1.82) is 0 Å². The molecule has 1 heterocycles. The van der Waals surface area contributed by atoms with Crippen LogP contribution in [0, 0.1) is 0 Å². The molecule has 4 rings (SSSR count). The van der Waals surface area contributed by atoms with Crippen molar-refractivity contribution in [3.63, 3.8) is 0 Å². The number of hydrogen-bond acceptors (Lipinski definition) is 5. The number of anilines is 2. The van der Waals surface area contributed by atoms with Crippen molar-refractivity contribution in [2.75, 3.05) is 10.6 Å². The first-order chi connectivity index (χ1) is 16.0. The van der Waals surface area contributed by atoms with Gasteiger partial charge in [0.25, 0.3) is 11.8 Å². The minimum atomic E-state index is -0.509. The number of carbonyl (C=O) groups is 3. The Labute approximate surface area is 189 Å². The van der Waals surface area contributed by atoms with Crippen LogP contribution in [-0.4, -0.2) is 17.7 Å². The number of primary amides is 1. The number of furan rings is 1. The van der Waals surface area contributed by atoms with Crippen molar-refractivity contribution < 1.29 is 23.5 Å². The van der Waals surface area contributed by atoms with E-state index in [-0.39, 0.29) is 17.6 Å². The summed E-state index contributed by atoms with van der Waals surface area (Å²) >= 11 is 0. The highest BCUT2D eigenvalue weighted by molar-refractivity contribution is 6.05. The molecule has 0 unspecified atom stereocenters. The molecule has 0 saturated heterocycles. The molecule has 0 atom stereocenters. The van der Waals surface area contributed by atoms with Gasteiger partial charge in [0.2, 0.25) is 5.91 Å². The van der Waals surface area contributed by atoms with Crippen LogP contribution in [0.3, 0.4) is 0 Å². The Kier molecular flexibility index (Phi) is 6.17. The Morgan fingerprint density at radius 1 is 0.667 bits per heavy atom. The van der Waals surface area contributed by atoms with E-state index in [4.69, 9.17) is 14.9 Å². The minimum absolute atomic E-state index is 0.211. The van der Waals surface area contributed by atoms with Crippen LogP contribution in [0.4, 0.5) is 11.4 Å². The summed E-state index contributed by atoms with van der Waals surface area (Å²) in [6.45, 7) is 0. The third-order valence-corrected chi connectivity index (χ3v) is 4.64. The zero-order valence-electron chi connectivity index (χ0n) is 17.3. The van der Waals surface area contributed by atoms with Gasteiger partial charge < -0.3 is 25.5 Å². The number of rotatable bonds is 7. The van der Waals surface area contributed by atoms with Crippen molar-refractivity contribution in [1.82, 2.24) is 0 Å². The molecule has 33 heavy (non-hydrogen) atoms. The lowest BCUT2D eigenvalue weighted by Gasteiger charge is -2.09. The molecule has 0 saturated carbocycles. The van der Waals surface area contributed by atoms with E-state index in [9.17, 15) is 14.4 Å². The molecule has 0 aliphatic rings. The molecule has 4 aromatic rings. The van der Waals surface area contributed by atoms with Crippen LogP contribution in [0.25, 0.3) is 0 Å². The highest BCUT2D eigenvalue weighted by atomic mass is 16.5. The zero-order valence-corrected chi connectivity index (χ0v) is 17.3. The van der Waals surface area contributed by atoms with Gasteiger partial charge in [-0.3, -0.25) is 14.4 Å². The van der Waals surface area contributed by atoms with Crippen molar-refractivity contribution in [3.05, 3.63) is 108 Å². The first-order valence-electron chi connectivity index (χ1n) is 9.92. The van der Waals surface area contributed by atoms with Crippen LogP contribution in [-0.2, 0) is 0 Å². The van der Waals surface area contributed by atoms with Crippen molar-refractivity contribution in [2.24, 2.45) is 5.73 Å². The smallest absolute Gasteiger partial charge is 0.291 e. The van der Waals surface area contributed by atoms with Crippen LogP contribution in [0.5, 0.6) is 11.5 Å². The maximum absolute atomic E-state index is 12.5. The highest BCUT2D eigenvalue weighted by Crippen LogP contribution is 2.23. The monoisotopic (exact) mass is 441 g/mol. The second kappa shape index (κ2) is 9.52. The van der Waals surface area contributed by atoms with E-state index in [2.05, 4.69) is 10.6 Å². The lowest BCUT2D eigenvalue weighted by molar-refractivity contribution is 0.0990. The second-order valence-corrected chi connectivity index (χ2v) is 6.98. The summed E-state index contributed by atoms with van der Waals surface area (Å²) in [5, 5.41) is 5.51. The van der Waals surface area contributed by atoms with Crippen LogP contribution in [0.15, 0.2) is 95.6 Å². The van der Waals surface area contributed by atoms with E-state index in [1.165, 1.54) is 6.26 Å². The van der Waals surface area contributed by atoms with E-state index in [1.54, 1.807) is 84.9 Å². The largest absolute Gasteiger partial charge is 0.459 e. The molecule has 0 bridgehead atoms. The summed E-state index contributed by atoms with van der Waals surface area (Å²) in [4.78, 5) is 35.7. The number of benzene rings is 3. The van der Waals surface area contributed by atoms with Gasteiger partial charge in [-0.05, 0) is 84.9 Å². The number of nitrogens with one attached hydrogen (secondary N) is 2. The molecule has 3 amide bonds. The Balaban J connectivity index is 1.33. The zero-order chi connectivity index (χ0) is 23.2. The standard InChI is InChI=1S/C25H19N3O5/c26-23(29)16-3-11-20(12-4-16)33-21-13-5-17(6-14-21)24(30)27-18-7-9-19(10-8-18)28-25(31)22-2-1-15-32-22/h1-15H,(H2,26,29)(H,27,30)(H,28,31). The van der Waals surface area contributed by atoms with Gasteiger partial charge in [-0.15, -0.1) is 0 Å². The quantitative estimate of drug-likeness (QED) is 0.384. The van der Waals surface area contributed by atoms with Gasteiger partial charge in [0.1, 0.15) is 11.5 Å². The van der Waals surface area contributed by atoms with E-state index < -0.39 is 5.91 Å². The van der Waals surface area contributed by atoms with Gasteiger partial charge >= 0.3 is 0 Å². The molecular formula is C25H19N3O5. The summed E-state index contributed by atoms with van der Waals surface area (Å²) in [6, 6.07) is 23.0. The Morgan fingerprint density at radius 3 is 1.67 bits per heavy atom. The highest BCUT2D eigenvalue weighted by Gasteiger charge is 2.10. The average molecular weight is 441 g/mol. The van der Waals surface area contributed by atoms with Crippen molar-refractivity contribution in [3.8, 4) is 11.5 Å². The minimum Gasteiger partial charge on any atom is -0.459 e. The van der Waals surface area contributed by atoms with Crippen LogP contribution in [0.1, 0.15) is 31.3 Å². The van der Waals surface area contributed by atoms with E-state index >= 15 is 0 Å². The summed E-state index contributed by atoms with van der Waals surface area (Å²) in [5.41, 5.74) is 7.20. The Hall–Kier alpha value is -4.85. The number of amides is 3. The number of ether oxygens (including phenoxy) is 1. The predicted octanol–water partition coefficient (Wildman–Crippen LogP) is 4.68. The molecule has 8 heteroatoms. The first kappa shape index (κ1) is 21.4. The van der Waals surface area contributed by atoms with Crippen molar-refractivity contribution in [2.45, 2.75) is 0 Å². The topological polar surface area (TPSA) is 124 Å². The lowest BCUT2D eigenvalue weighted by atomic mass is 10.2. The van der Waals surface area contributed by atoms with Gasteiger partial charge in [-0.1, -0.05) is 0 Å². The summed E-state index contributed by atoms with van der Waals surface area (Å²) < 4.78 is 10.8. The average Bonchev–Trinajstić information content (AvgIpc) is 3.36. The van der Waals surface area contributed by atoms with E-state index in [0.717, 1.165) is 0 Å². The third kappa shape index (κ3) is 5.45. The molecule has 8 nitrogen and oxygen atoms in total.